The van der Waals surface area contributed by atoms with Gasteiger partial charge in [0.05, 0.1) is 0 Å². The van der Waals surface area contributed by atoms with Crippen molar-refractivity contribution in [3.05, 3.63) is 54.3 Å². The molecule has 5 heteroatoms. The first-order chi connectivity index (χ1) is 11.3. The Bertz CT molecular complexity index is 654. The largest absolute Gasteiger partial charge is 0.489 e. The van der Waals surface area contributed by atoms with Crippen LogP contribution in [-0.2, 0) is 0 Å². The molecule has 0 N–H and O–H groups in total. The molecule has 1 unspecified atom stereocenters. The SMILES string of the molecule is Cl.Fc1ccc(Oc2ccc(OC3CN4CCC3CC4)cc2)cc1. The van der Waals surface area contributed by atoms with Crippen molar-refractivity contribution >= 4 is 12.4 Å². The smallest absolute Gasteiger partial charge is 0.127 e. The van der Waals surface area contributed by atoms with Crippen molar-refractivity contribution in [2.45, 2.75) is 18.9 Å². The van der Waals surface area contributed by atoms with E-state index in [1.165, 1.54) is 38.1 Å². The summed E-state index contributed by atoms with van der Waals surface area (Å²) in [6.07, 6.45) is 2.80. The molecular formula is C19H21ClFNO2. The second-order valence-corrected chi connectivity index (χ2v) is 6.32. The van der Waals surface area contributed by atoms with Crippen molar-refractivity contribution in [3.8, 4) is 17.2 Å². The molecule has 5 rings (SSSR count). The van der Waals surface area contributed by atoms with Crippen LogP contribution in [-0.4, -0.2) is 30.6 Å². The van der Waals surface area contributed by atoms with E-state index < -0.39 is 0 Å². The molecule has 0 saturated carbocycles. The maximum atomic E-state index is 12.9. The van der Waals surface area contributed by atoms with Gasteiger partial charge < -0.3 is 9.47 Å². The summed E-state index contributed by atoms with van der Waals surface area (Å²) in [5.74, 6) is 2.65. The van der Waals surface area contributed by atoms with Crippen LogP contribution in [0.3, 0.4) is 0 Å². The van der Waals surface area contributed by atoms with Gasteiger partial charge in [-0.25, -0.2) is 4.39 Å². The number of rotatable bonds is 4. The molecule has 3 fully saturated rings. The van der Waals surface area contributed by atoms with E-state index in [1.807, 2.05) is 24.3 Å². The first kappa shape index (κ1) is 17.1. The summed E-state index contributed by atoms with van der Waals surface area (Å²) in [5.41, 5.74) is 0. The molecule has 24 heavy (non-hydrogen) atoms. The Hall–Kier alpha value is -1.78. The molecule has 0 spiro atoms. The number of piperidine rings is 3. The number of ether oxygens (including phenoxy) is 2. The minimum absolute atomic E-state index is 0. The maximum Gasteiger partial charge on any atom is 0.127 e. The molecular weight excluding hydrogens is 329 g/mol. The highest BCUT2D eigenvalue weighted by atomic mass is 35.5. The normalized spacial score (nSPS) is 25.0. The van der Waals surface area contributed by atoms with E-state index in [0.717, 1.165) is 18.0 Å². The summed E-state index contributed by atoms with van der Waals surface area (Å²) in [6, 6.07) is 13.7. The Kier molecular flexibility index (Phi) is 5.27. The van der Waals surface area contributed by atoms with Gasteiger partial charge in [-0.1, -0.05) is 0 Å². The Morgan fingerprint density at radius 3 is 1.92 bits per heavy atom. The van der Waals surface area contributed by atoms with Crippen LogP contribution in [0.5, 0.6) is 17.2 Å². The predicted molar refractivity (Wildman–Crippen MR) is 93.7 cm³/mol. The van der Waals surface area contributed by atoms with Crippen LogP contribution in [0, 0.1) is 11.7 Å². The third-order valence-corrected chi connectivity index (χ3v) is 4.76. The van der Waals surface area contributed by atoms with Crippen molar-refractivity contribution in [2.24, 2.45) is 5.92 Å². The van der Waals surface area contributed by atoms with E-state index in [9.17, 15) is 4.39 Å². The minimum atomic E-state index is -0.265. The first-order valence-electron chi connectivity index (χ1n) is 8.19. The van der Waals surface area contributed by atoms with Gasteiger partial charge in [-0.2, -0.15) is 0 Å². The van der Waals surface area contributed by atoms with Crippen LogP contribution in [0.25, 0.3) is 0 Å². The Balaban J connectivity index is 0.00000169. The molecule has 3 heterocycles. The van der Waals surface area contributed by atoms with Crippen molar-refractivity contribution in [1.82, 2.24) is 4.90 Å². The summed E-state index contributed by atoms with van der Waals surface area (Å²) in [6.45, 7) is 3.47. The van der Waals surface area contributed by atoms with Gasteiger partial charge in [0.15, 0.2) is 0 Å². The number of halogens is 2. The van der Waals surface area contributed by atoms with E-state index in [2.05, 4.69) is 4.90 Å². The third kappa shape index (κ3) is 3.82. The quantitative estimate of drug-likeness (QED) is 0.810. The van der Waals surface area contributed by atoms with Crippen molar-refractivity contribution in [2.75, 3.05) is 19.6 Å². The molecule has 0 aliphatic carbocycles. The summed E-state index contributed by atoms with van der Waals surface area (Å²) < 4.78 is 24.7. The van der Waals surface area contributed by atoms with E-state index in [4.69, 9.17) is 9.47 Å². The van der Waals surface area contributed by atoms with Crippen LogP contribution in [0.15, 0.2) is 48.5 Å². The Morgan fingerprint density at radius 1 is 0.833 bits per heavy atom. The fraction of sp³-hybridized carbons (Fsp3) is 0.368. The second-order valence-electron chi connectivity index (χ2n) is 6.32. The van der Waals surface area contributed by atoms with E-state index in [-0.39, 0.29) is 18.2 Å². The van der Waals surface area contributed by atoms with Crippen molar-refractivity contribution < 1.29 is 13.9 Å². The fourth-order valence-electron chi connectivity index (χ4n) is 3.44. The predicted octanol–water partition coefficient (Wildman–Crippen LogP) is 4.51. The van der Waals surface area contributed by atoms with Gasteiger partial charge in [-0.3, -0.25) is 4.90 Å². The standard InChI is InChI=1S/C19H20FNO2.ClH/c20-15-1-3-16(4-2-15)22-17-5-7-18(8-6-17)23-19-13-21-11-9-14(19)10-12-21;/h1-8,14,19H,9-13H2;1H. The van der Waals surface area contributed by atoms with Crippen molar-refractivity contribution in [1.29, 1.82) is 0 Å². The number of fused-ring (bicyclic) bond motifs is 3. The van der Waals surface area contributed by atoms with Gasteiger partial charge >= 0.3 is 0 Å². The van der Waals surface area contributed by atoms with Crippen molar-refractivity contribution in [3.63, 3.8) is 0 Å². The summed E-state index contributed by atoms with van der Waals surface area (Å²) in [5, 5.41) is 0. The average Bonchev–Trinajstić information content (AvgIpc) is 2.60. The molecule has 3 nitrogen and oxygen atoms in total. The zero-order chi connectivity index (χ0) is 15.6. The summed E-state index contributed by atoms with van der Waals surface area (Å²) >= 11 is 0. The van der Waals surface area contributed by atoms with Crippen LogP contribution in [0.1, 0.15) is 12.8 Å². The van der Waals surface area contributed by atoms with Gasteiger partial charge in [0.25, 0.3) is 0 Å². The van der Waals surface area contributed by atoms with Crippen LogP contribution >= 0.6 is 12.4 Å². The third-order valence-electron chi connectivity index (χ3n) is 4.76. The lowest BCUT2D eigenvalue weighted by Gasteiger charge is -2.44. The highest BCUT2D eigenvalue weighted by molar-refractivity contribution is 5.85. The van der Waals surface area contributed by atoms with E-state index >= 15 is 0 Å². The molecule has 128 valence electrons. The molecule has 3 saturated heterocycles. The van der Waals surface area contributed by atoms with Crippen LogP contribution in [0.4, 0.5) is 4.39 Å². The lowest BCUT2D eigenvalue weighted by Crippen LogP contribution is -2.52. The topological polar surface area (TPSA) is 21.7 Å². The number of hydrogen-bond donors (Lipinski definition) is 0. The van der Waals surface area contributed by atoms with E-state index in [1.54, 1.807) is 12.1 Å². The fourth-order valence-corrected chi connectivity index (χ4v) is 3.44. The minimum Gasteiger partial charge on any atom is -0.489 e. The lowest BCUT2D eigenvalue weighted by molar-refractivity contribution is -0.00777. The van der Waals surface area contributed by atoms with Gasteiger partial charge in [-0.05, 0) is 80.4 Å². The Morgan fingerprint density at radius 2 is 1.38 bits per heavy atom. The van der Waals surface area contributed by atoms with Crippen LogP contribution in [0.2, 0.25) is 0 Å². The maximum absolute atomic E-state index is 12.9. The zero-order valence-corrected chi connectivity index (χ0v) is 14.2. The summed E-state index contributed by atoms with van der Waals surface area (Å²) in [7, 11) is 0. The molecule has 2 bridgehead atoms. The first-order valence-corrected chi connectivity index (χ1v) is 8.19. The molecule has 2 aromatic rings. The summed E-state index contributed by atoms with van der Waals surface area (Å²) in [4.78, 5) is 2.48. The molecule has 1 atom stereocenters. The highest BCUT2D eigenvalue weighted by Crippen LogP contribution is 2.31. The van der Waals surface area contributed by atoms with Crippen LogP contribution < -0.4 is 9.47 Å². The van der Waals surface area contributed by atoms with Gasteiger partial charge in [-0.15, -0.1) is 12.4 Å². The molecule has 3 aliphatic rings. The molecule has 3 aliphatic heterocycles. The second kappa shape index (κ2) is 7.41. The number of hydrogen-bond acceptors (Lipinski definition) is 3. The van der Waals surface area contributed by atoms with Gasteiger partial charge in [0, 0.05) is 6.54 Å². The average molecular weight is 350 g/mol. The lowest BCUT2D eigenvalue weighted by atomic mass is 9.86. The monoisotopic (exact) mass is 349 g/mol. The molecule has 2 aromatic carbocycles. The number of nitrogens with zero attached hydrogens (tertiary/aromatic N) is 1. The molecule has 0 radical (unpaired) electrons. The highest BCUT2D eigenvalue weighted by Gasteiger charge is 2.35. The van der Waals surface area contributed by atoms with Gasteiger partial charge in [0.1, 0.15) is 29.2 Å². The molecule has 0 aromatic heterocycles. The van der Waals surface area contributed by atoms with E-state index in [0.29, 0.717) is 17.8 Å². The molecule has 0 amide bonds. The zero-order valence-electron chi connectivity index (χ0n) is 13.4. The number of benzene rings is 2. The Labute approximate surface area is 147 Å². The van der Waals surface area contributed by atoms with Gasteiger partial charge in [0.2, 0.25) is 0 Å².